The monoisotopic (exact) mass is 398 g/mol. The number of benzene rings is 1. The number of aromatic nitrogens is 3. The van der Waals surface area contributed by atoms with Crippen LogP contribution in [-0.4, -0.2) is 32.0 Å². The number of carbonyl (C=O) groups is 1. The van der Waals surface area contributed by atoms with Gasteiger partial charge in [0, 0.05) is 19.4 Å². The van der Waals surface area contributed by atoms with Crippen LogP contribution < -0.4 is 5.32 Å². The summed E-state index contributed by atoms with van der Waals surface area (Å²) in [6, 6.07) is 11.7. The summed E-state index contributed by atoms with van der Waals surface area (Å²) >= 11 is 1.79. The highest BCUT2D eigenvalue weighted by atomic mass is 32.2. The van der Waals surface area contributed by atoms with Crippen molar-refractivity contribution in [1.29, 1.82) is 0 Å². The lowest BCUT2D eigenvalue weighted by Crippen LogP contribution is -2.37. The molecule has 0 aliphatic heterocycles. The number of para-hydroxylation sites is 2. The standard InChI is InChI=1S/C22H30N4OS/c1-16(2)15-20(26-12-7-8-13-26)22(27)24-18(11-14-28-4)21-23-17-9-5-6-10-19(17)25(21)3/h5-10,12-13,16,18,20H,11,14-15H2,1-4H3,(H,24,27)/t18-,20+/m1/s1. The number of nitrogens with one attached hydrogen (secondary N) is 1. The van der Waals surface area contributed by atoms with Crippen LogP contribution in [0.5, 0.6) is 0 Å². The van der Waals surface area contributed by atoms with E-state index in [4.69, 9.17) is 4.98 Å². The second-order valence-corrected chi connectivity index (χ2v) is 8.62. The first-order valence-electron chi connectivity index (χ1n) is 9.84. The summed E-state index contributed by atoms with van der Waals surface area (Å²) in [6.45, 7) is 4.31. The van der Waals surface area contributed by atoms with E-state index < -0.39 is 0 Å². The number of aryl methyl sites for hydroxylation is 1. The van der Waals surface area contributed by atoms with E-state index in [0.29, 0.717) is 5.92 Å². The highest BCUT2D eigenvalue weighted by molar-refractivity contribution is 7.98. The number of thioether (sulfide) groups is 1. The van der Waals surface area contributed by atoms with E-state index in [-0.39, 0.29) is 18.0 Å². The Hall–Kier alpha value is -2.21. The molecular formula is C22H30N4OS. The Kier molecular flexibility index (Phi) is 6.83. The number of hydrogen-bond acceptors (Lipinski definition) is 3. The van der Waals surface area contributed by atoms with Crippen molar-refractivity contribution in [2.45, 2.75) is 38.8 Å². The van der Waals surface area contributed by atoms with Gasteiger partial charge in [-0.2, -0.15) is 11.8 Å². The van der Waals surface area contributed by atoms with E-state index in [1.807, 2.05) is 54.3 Å². The highest BCUT2D eigenvalue weighted by Crippen LogP contribution is 2.25. The van der Waals surface area contributed by atoms with Gasteiger partial charge >= 0.3 is 0 Å². The first-order chi connectivity index (χ1) is 13.5. The lowest BCUT2D eigenvalue weighted by atomic mass is 10.0. The van der Waals surface area contributed by atoms with Gasteiger partial charge in [0.05, 0.1) is 17.1 Å². The van der Waals surface area contributed by atoms with Gasteiger partial charge in [-0.05, 0) is 55.0 Å². The fraction of sp³-hybridized carbons (Fsp3) is 0.455. The summed E-state index contributed by atoms with van der Waals surface area (Å²) in [4.78, 5) is 18.1. The van der Waals surface area contributed by atoms with Crippen molar-refractivity contribution in [2.75, 3.05) is 12.0 Å². The smallest absolute Gasteiger partial charge is 0.243 e. The molecule has 0 radical (unpaired) electrons. The maximum absolute atomic E-state index is 13.3. The average molecular weight is 399 g/mol. The summed E-state index contributed by atoms with van der Waals surface area (Å²) in [7, 11) is 2.03. The third-order valence-corrected chi connectivity index (χ3v) is 5.69. The van der Waals surface area contributed by atoms with E-state index in [0.717, 1.165) is 35.5 Å². The first-order valence-corrected chi connectivity index (χ1v) is 11.2. The summed E-state index contributed by atoms with van der Waals surface area (Å²) in [5, 5.41) is 3.31. The van der Waals surface area contributed by atoms with Crippen molar-refractivity contribution >= 4 is 28.7 Å². The Morgan fingerprint density at radius 1 is 1.18 bits per heavy atom. The molecule has 2 heterocycles. The zero-order valence-electron chi connectivity index (χ0n) is 17.1. The second kappa shape index (κ2) is 9.32. The third-order valence-electron chi connectivity index (χ3n) is 5.05. The molecule has 1 N–H and O–H groups in total. The van der Waals surface area contributed by atoms with Crippen LogP contribution in [0.3, 0.4) is 0 Å². The quantitative estimate of drug-likeness (QED) is 0.574. The van der Waals surface area contributed by atoms with Gasteiger partial charge in [0.2, 0.25) is 5.91 Å². The maximum atomic E-state index is 13.3. The fourth-order valence-electron chi connectivity index (χ4n) is 3.61. The predicted octanol–water partition coefficient (Wildman–Crippen LogP) is 4.57. The van der Waals surface area contributed by atoms with Crippen molar-refractivity contribution in [3.63, 3.8) is 0 Å². The van der Waals surface area contributed by atoms with Crippen LogP contribution in [0.15, 0.2) is 48.8 Å². The molecule has 28 heavy (non-hydrogen) atoms. The molecule has 150 valence electrons. The summed E-state index contributed by atoms with van der Waals surface area (Å²) in [5.74, 6) is 2.37. The van der Waals surface area contributed by atoms with Crippen molar-refractivity contribution < 1.29 is 4.79 Å². The summed E-state index contributed by atoms with van der Waals surface area (Å²) < 4.78 is 4.11. The molecule has 2 atom stereocenters. The minimum absolute atomic E-state index is 0.0584. The van der Waals surface area contributed by atoms with Crippen LogP contribution in [0.2, 0.25) is 0 Å². The number of imidazole rings is 1. The molecule has 0 fully saturated rings. The van der Waals surface area contributed by atoms with Crippen molar-refractivity contribution in [2.24, 2.45) is 13.0 Å². The molecule has 0 aliphatic rings. The minimum atomic E-state index is -0.207. The van der Waals surface area contributed by atoms with Gasteiger partial charge in [0.1, 0.15) is 11.9 Å². The Bertz CT molecular complexity index is 901. The van der Waals surface area contributed by atoms with Crippen molar-refractivity contribution in [3.8, 4) is 0 Å². The van der Waals surface area contributed by atoms with Gasteiger partial charge in [-0.15, -0.1) is 0 Å². The molecule has 5 nitrogen and oxygen atoms in total. The van der Waals surface area contributed by atoms with Gasteiger partial charge in [-0.25, -0.2) is 4.98 Å². The zero-order valence-corrected chi connectivity index (χ0v) is 17.9. The zero-order chi connectivity index (χ0) is 20.1. The number of fused-ring (bicyclic) bond motifs is 1. The Morgan fingerprint density at radius 2 is 1.89 bits per heavy atom. The van der Waals surface area contributed by atoms with Crippen LogP contribution in [-0.2, 0) is 11.8 Å². The van der Waals surface area contributed by atoms with Crippen LogP contribution in [0, 0.1) is 5.92 Å². The van der Waals surface area contributed by atoms with Crippen LogP contribution >= 0.6 is 11.8 Å². The van der Waals surface area contributed by atoms with E-state index in [1.54, 1.807) is 11.8 Å². The molecule has 0 spiro atoms. The molecule has 2 aromatic heterocycles. The predicted molar refractivity (Wildman–Crippen MR) is 118 cm³/mol. The molecule has 0 saturated heterocycles. The lowest BCUT2D eigenvalue weighted by molar-refractivity contribution is -0.125. The van der Waals surface area contributed by atoms with Gasteiger partial charge in [-0.1, -0.05) is 26.0 Å². The molecule has 3 aromatic rings. The van der Waals surface area contributed by atoms with Gasteiger partial charge in [-0.3, -0.25) is 4.79 Å². The van der Waals surface area contributed by atoms with Crippen LogP contribution in [0.4, 0.5) is 0 Å². The molecule has 1 amide bonds. The Balaban J connectivity index is 1.88. The largest absolute Gasteiger partial charge is 0.344 e. The van der Waals surface area contributed by atoms with E-state index in [9.17, 15) is 4.79 Å². The molecule has 0 aliphatic carbocycles. The lowest BCUT2D eigenvalue weighted by Gasteiger charge is -2.24. The number of carbonyl (C=O) groups excluding carboxylic acids is 1. The van der Waals surface area contributed by atoms with Gasteiger partial charge < -0.3 is 14.5 Å². The molecule has 0 unspecified atom stereocenters. The van der Waals surface area contributed by atoms with Crippen LogP contribution in [0.1, 0.15) is 44.6 Å². The van der Waals surface area contributed by atoms with Crippen molar-refractivity contribution in [1.82, 2.24) is 19.4 Å². The van der Waals surface area contributed by atoms with E-state index in [2.05, 4.69) is 36.1 Å². The van der Waals surface area contributed by atoms with Gasteiger partial charge in [0.15, 0.2) is 0 Å². The molecule has 3 rings (SSSR count). The number of rotatable bonds is 9. The number of hydrogen-bond donors (Lipinski definition) is 1. The van der Waals surface area contributed by atoms with Crippen LogP contribution in [0.25, 0.3) is 11.0 Å². The molecule has 1 aromatic carbocycles. The van der Waals surface area contributed by atoms with E-state index in [1.165, 1.54) is 0 Å². The average Bonchev–Trinajstić information content (AvgIpc) is 3.32. The normalized spacial score (nSPS) is 13.8. The molecule has 0 saturated carbocycles. The molecular weight excluding hydrogens is 368 g/mol. The highest BCUT2D eigenvalue weighted by Gasteiger charge is 2.26. The number of nitrogens with zero attached hydrogens (tertiary/aromatic N) is 3. The fourth-order valence-corrected chi connectivity index (χ4v) is 4.08. The first kappa shape index (κ1) is 20.5. The Labute approximate surface area is 171 Å². The van der Waals surface area contributed by atoms with E-state index >= 15 is 0 Å². The van der Waals surface area contributed by atoms with Gasteiger partial charge in [0.25, 0.3) is 0 Å². The maximum Gasteiger partial charge on any atom is 0.243 e. The second-order valence-electron chi connectivity index (χ2n) is 7.64. The molecule has 0 bridgehead atoms. The summed E-state index contributed by atoms with van der Waals surface area (Å²) in [6.07, 6.45) is 7.69. The molecule has 6 heteroatoms. The van der Waals surface area contributed by atoms with Crippen molar-refractivity contribution in [3.05, 3.63) is 54.6 Å². The number of amides is 1. The SMILES string of the molecule is CSCC[C@@H](NC(=O)[C@H](CC(C)C)n1cccc1)c1nc2ccccc2n1C. The topological polar surface area (TPSA) is 51.9 Å². The Morgan fingerprint density at radius 3 is 2.54 bits per heavy atom. The summed E-state index contributed by atoms with van der Waals surface area (Å²) in [5.41, 5.74) is 2.05. The minimum Gasteiger partial charge on any atom is -0.344 e. The third kappa shape index (κ3) is 4.61.